The lowest BCUT2D eigenvalue weighted by molar-refractivity contribution is -0.0211. The molecule has 7 heteroatoms. The third kappa shape index (κ3) is 23.9. The molecule has 0 heterocycles. The summed E-state index contributed by atoms with van der Waals surface area (Å²) in [6.45, 7) is 17.2. The highest BCUT2D eigenvalue weighted by Gasteiger charge is 2.03. The molecule has 0 saturated heterocycles. The molecule has 0 amide bonds. The minimum absolute atomic E-state index is 0.250. The van der Waals surface area contributed by atoms with Gasteiger partial charge in [0.25, 0.3) is 0 Å². The highest BCUT2D eigenvalue weighted by atomic mass is 16.6. The number of hydrogen-bond donors (Lipinski definition) is 1. The average molecular weight is 422 g/mol. The smallest absolute Gasteiger partial charge is 0.0703 e. The van der Waals surface area contributed by atoms with Crippen molar-refractivity contribution in [3.8, 4) is 0 Å². The van der Waals surface area contributed by atoms with Gasteiger partial charge < -0.3 is 33.7 Å². The summed E-state index contributed by atoms with van der Waals surface area (Å²) in [5, 5.41) is 3.47. The standard InChI is InChI=1S/C22H47NO6/c1-5-7-22(6-2)20-23-8-9-24-10-11-25-12-13-26-14-15-27-16-17-28-18-19-29-21(3)4/h21-23H,5-20H2,1-4H3. The summed E-state index contributed by atoms with van der Waals surface area (Å²) in [5.41, 5.74) is 0. The Kier molecular flexibility index (Phi) is 23.8. The van der Waals surface area contributed by atoms with Gasteiger partial charge in [0.15, 0.2) is 0 Å². The van der Waals surface area contributed by atoms with Gasteiger partial charge in [0.05, 0.1) is 78.8 Å². The normalized spacial score (nSPS) is 12.7. The molecule has 0 aliphatic rings. The van der Waals surface area contributed by atoms with Crippen molar-refractivity contribution in [2.75, 3.05) is 85.8 Å². The van der Waals surface area contributed by atoms with E-state index in [2.05, 4.69) is 19.2 Å². The van der Waals surface area contributed by atoms with Crippen molar-refractivity contribution in [1.29, 1.82) is 0 Å². The zero-order valence-electron chi connectivity index (χ0n) is 19.4. The molecule has 0 saturated carbocycles. The van der Waals surface area contributed by atoms with Crippen LogP contribution in [-0.2, 0) is 28.4 Å². The molecule has 7 nitrogen and oxygen atoms in total. The van der Waals surface area contributed by atoms with E-state index in [0.29, 0.717) is 66.1 Å². The first-order valence-corrected chi connectivity index (χ1v) is 11.4. The molecule has 0 aliphatic heterocycles. The maximum atomic E-state index is 5.56. The Morgan fingerprint density at radius 1 is 0.621 bits per heavy atom. The molecule has 0 rings (SSSR count). The summed E-state index contributed by atoms with van der Waals surface area (Å²) in [6, 6.07) is 0. The molecule has 1 N–H and O–H groups in total. The minimum atomic E-state index is 0.250. The van der Waals surface area contributed by atoms with E-state index in [4.69, 9.17) is 28.4 Å². The molecule has 0 aromatic carbocycles. The second kappa shape index (κ2) is 24.0. The summed E-state index contributed by atoms with van der Waals surface area (Å²) in [6.07, 6.45) is 4.05. The molecular weight excluding hydrogens is 374 g/mol. The van der Waals surface area contributed by atoms with E-state index in [1.807, 2.05) is 13.8 Å². The van der Waals surface area contributed by atoms with Gasteiger partial charge in [-0.1, -0.05) is 26.7 Å². The molecule has 0 fully saturated rings. The van der Waals surface area contributed by atoms with Crippen molar-refractivity contribution < 1.29 is 28.4 Å². The molecule has 176 valence electrons. The van der Waals surface area contributed by atoms with Gasteiger partial charge in [0.2, 0.25) is 0 Å². The van der Waals surface area contributed by atoms with E-state index in [0.717, 1.165) is 25.6 Å². The Hall–Kier alpha value is -0.280. The molecule has 0 aliphatic carbocycles. The Bertz CT molecular complexity index is 307. The largest absolute Gasteiger partial charge is 0.378 e. The van der Waals surface area contributed by atoms with Crippen LogP contribution >= 0.6 is 0 Å². The molecule has 1 unspecified atom stereocenters. The van der Waals surface area contributed by atoms with Gasteiger partial charge in [-0.05, 0) is 32.7 Å². The van der Waals surface area contributed by atoms with Crippen LogP contribution in [0.2, 0.25) is 0 Å². The van der Waals surface area contributed by atoms with Crippen molar-refractivity contribution in [2.24, 2.45) is 5.92 Å². The SMILES string of the molecule is CCCC(CC)CNCCOCCOCCOCCOCCOCCOC(C)C. The van der Waals surface area contributed by atoms with E-state index >= 15 is 0 Å². The molecular formula is C22H47NO6. The van der Waals surface area contributed by atoms with Gasteiger partial charge in [0.1, 0.15) is 0 Å². The molecule has 29 heavy (non-hydrogen) atoms. The second-order valence-corrected chi connectivity index (χ2v) is 7.25. The van der Waals surface area contributed by atoms with Crippen molar-refractivity contribution >= 4 is 0 Å². The quantitative estimate of drug-likeness (QED) is 0.240. The van der Waals surface area contributed by atoms with Crippen LogP contribution in [-0.4, -0.2) is 91.9 Å². The summed E-state index contributed by atoms with van der Waals surface area (Å²) >= 11 is 0. The van der Waals surface area contributed by atoms with E-state index in [-0.39, 0.29) is 6.10 Å². The molecule has 0 aromatic rings. The lowest BCUT2D eigenvalue weighted by atomic mass is 10.0. The lowest BCUT2D eigenvalue weighted by Crippen LogP contribution is -2.26. The van der Waals surface area contributed by atoms with Crippen LogP contribution in [0.25, 0.3) is 0 Å². The third-order valence-electron chi connectivity index (χ3n) is 4.30. The predicted molar refractivity (Wildman–Crippen MR) is 117 cm³/mol. The van der Waals surface area contributed by atoms with Crippen molar-refractivity contribution in [2.45, 2.75) is 53.1 Å². The second-order valence-electron chi connectivity index (χ2n) is 7.25. The Morgan fingerprint density at radius 3 is 1.48 bits per heavy atom. The summed E-state index contributed by atoms with van der Waals surface area (Å²) < 4.78 is 32.7. The number of nitrogens with one attached hydrogen (secondary N) is 1. The lowest BCUT2D eigenvalue weighted by Gasteiger charge is -2.14. The fraction of sp³-hybridized carbons (Fsp3) is 1.00. The van der Waals surface area contributed by atoms with Crippen LogP contribution in [0.5, 0.6) is 0 Å². The average Bonchev–Trinajstić information content (AvgIpc) is 2.71. The summed E-state index contributed by atoms with van der Waals surface area (Å²) in [5.74, 6) is 0.789. The first-order chi connectivity index (χ1) is 14.2. The molecule has 0 aromatic heterocycles. The van der Waals surface area contributed by atoms with Gasteiger partial charge >= 0.3 is 0 Å². The fourth-order valence-corrected chi connectivity index (χ4v) is 2.63. The predicted octanol–water partition coefficient (Wildman–Crippen LogP) is 2.91. The number of rotatable bonds is 24. The first-order valence-electron chi connectivity index (χ1n) is 11.4. The minimum Gasteiger partial charge on any atom is -0.378 e. The van der Waals surface area contributed by atoms with E-state index in [1.54, 1.807) is 0 Å². The van der Waals surface area contributed by atoms with Crippen LogP contribution in [0, 0.1) is 5.92 Å². The van der Waals surface area contributed by atoms with Gasteiger partial charge in [-0.15, -0.1) is 0 Å². The Labute approximate surface area is 179 Å². The summed E-state index contributed by atoms with van der Waals surface area (Å²) in [7, 11) is 0. The Morgan fingerprint density at radius 2 is 1.07 bits per heavy atom. The Balaban J connectivity index is 3.08. The third-order valence-corrected chi connectivity index (χ3v) is 4.30. The fourth-order valence-electron chi connectivity index (χ4n) is 2.63. The first kappa shape index (κ1) is 28.7. The zero-order valence-corrected chi connectivity index (χ0v) is 19.4. The maximum absolute atomic E-state index is 5.56. The highest BCUT2D eigenvalue weighted by molar-refractivity contribution is 4.59. The van der Waals surface area contributed by atoms with Gasteiger partial charge in [-0.2, -0.15) is 0 Å². The number of hydrogen-bond acceptors (Lipinski definition) is 7. The van der Waals surface area contributed by atoms with E-state index in [9.17, 15) is 0 Å². The van der Waals surface area contributed by atoms with E-state index in [1.165, 1.54) is 19.3 Å². The van der Waals surface area contributed by atoms with Crippen LogP contribution in [0.1, 0.15) is 47.0 Å². The topological polar surface area (TPSA) is 67.4 Å². The number of ether oxygens (including phenoxy) is 6. The van der Waals surface area contributed by atoms with Gasteiger partial charge in [-0.25, -0.2) is 0 Å². The molecule has 0 spiro atoms. The van der Waals surface area contributed by atoms with Crippen LogP contribution in [0.3, 0.4) is 0 Å². The maximum Gasteiger partial charge on any atom is 0.0703 e. The van der Waals surface area contributed by atoms with Crippen LogP contribution < -0.4 is 5.32 Å². The van der Waals surface area contributed by atoms with E-state index < -0.39 is 0 Å². The van der Waals surface area contributed by atoms with Gasteiger partial charge in [0, 0.05) is 6.54 Å². The van der Waals surface area contributed by atoms with Gasteiger partial charge in [-0.3, -0.25) is 0 Å². The highest BCUT2D eigenvalue weighted by Crippen LogP contribution is 2.08. The van der Waals surface area contributed by atoms with Crippen molar-refractivity contribution in [1.82, 2.24) is 5.32 Å². The zero-order chi connectivity index (χ0) is 21.4. The van der Waals surface area contributed by atoms with Crippen LogP contribution in [0.4, 0.5) is 0 Å². The van der Waals surface area contributed by atoms with Crippen LogP contribution in [0.15, 0.2) is 0 Å². The summed E-state index contributed by atoms with van der Waals surface area (Å²) in [4.78, 5) is 0. The molecule has 0 radical (unpaired) electrons. The van der Waals surface area contributed by atoms with Crippen molar-refractivity contribution in [3.05, 3.63) is 0 Å². The molecule has 0 bridgehead atoms. The monoisotopic (exact) mass is 421 g/mol. The van der Waals surface area contributed by atoms with Crippen molar-refractivity contribution in [3.63, 3.8) is 0 Å². The molecule has 1 atom stereocenters.